The van der Waals surface area contributed by atoms with Gasteiger partial charge >= 0.3 is 6.09 Å². The van der Waals surface area contributed by atoms with Gasteiger partial charge in [-0.3, -0.25) is 4.79 Å². The molecule has 9 heteroatoms. The molecule has 1 aromatic heterocycles. The molecule has 1 saturated heterocycles. The van der Waals surface area contributed by atoms with E-state index in [-0.39, 0.29) is 55.2 Å². The predicted octanol–water partition coefficient (Wildman–Crippen LogP) is 2.07. The van der Waals surface area contributed by atoms with Crippen molar-refractivity contribution >= 4 is 12.0 Å². The molecule has 1 fully saturated rings. The van der Waals surface area contributed by atoms with Crippen LogP contribution >= 0.6 is 0 Å². The number of carbonyl (C=O) groups is 2. The van der Waals surface area contributed by atoms with Gasteiger partial charge in [-0.2, -0.15) is 0 Å². The fourth-order valence-corrected chi connectivity index (χ4v) is 4.58. The number of amides is 2. The smallest absolute Gasteiger partial charge is 0.417 e. The molecule has 1 aliphatic heterocycles. The molecule has 1 aromatic carbocycles. The fourth-order valence-electron chi connectivity index (χ4n) is 4.58. The van der Waals surface area contributed by atoms with E-state index in [4.69, 9.17) is 18.9 Å². The van der Waals surface area contributed by atoms with E-state index in [1.54, 1.807) is 0 Å². The van der Waals surface area contributed by atoms with Crippen LogP contribution in [0.4, 0.5) is 4.79 Å². The minimum Gasteiger partial charge on any atom is -1.00 e. The summed E-state index contributed by atoms with van der Waals surface area (Å²) in [6, 6.07) is 16.2. The molecule has 3 rings (SSSR count). The Bertz CT molecular complexity index is 993. The van der Waals surface area contributed by atoms with Gasteiger partial charge in [-0.1, -0.05) is 49.2 Å². The Hall–Kier alpha value is -2.08. The lowest BCUT2D eigenvalue weighted by Gasteiger charge is -2.19. The number of benzene rings is 1. The normalized spacial score (nSPS) is 16.4. The van der Waals surface area contributed by atoms with E-state index in [1.807, 2.05) is 42.0 Å². The second kappa shape index (κ2) is 19.9. The second-order valence-electron chi connectivity index (χ2n) is 10.0. The average molecular weight is 669 g/mol. The molecule has 2 atom stereocenters. The maximum absolute atomic E-state index is 12.6. The van der Waals surface area contributed by atoms with Crippen molar-refractivity contribution in [3.8, 4) is 0 Å². The first-order valence-electron chi connectivity index (χ1n) is 14.3. The number of nitrogens with zero attached hydrogens (tertiary/aromatic N) is 2. The van der Waals surface area contributed by atoms with Gasteiger partial charge in [0.25, 0.3) is 0 Å². The number of halogens is 1. The van der Waals surface area contributed by atoms with Crippen LogP contribution in [0.1, 0.15) is 63.6 Å². The zero-order chi connectivity index (χ0) is 27.7. The van der Waals surface area contributed by atoms with Gasteiger partial charge in [-0.05, 0) is 38.2 Å². The summed E-state index contributed by atoms with van der Waals surface area (Å²) in [5.41, 5.74) is 2.24. The van der Waals surface area contributed by atoms with Gasteiger partial charge in [0, 0.05) is 51.2 Å². The van der Waals surface area contributed by atoms with Gasteiger partial charge in [0.05, 0.1) is 13.2 Å². The molecule has 1 aliphatic rings. The summed E-state index contributed by atoms with van der Waals surface area (Å²) in [6.07, 6.45) is 8.11. The number of unbranched alkanes of at least 4 members (excludes halogenated alkanes) is 3. The molecule has 2 aromatic rings. The monoisotopic (exact) mass is 668 g/mol. The highest BCUT2D eigenvalue weighted by Crippen LogP contribution is 2.21. The molecular weight excluding hydrogens is 623 g/mol. The lowest BCUT2D eigenvalue weighted by molar-refractivity contribution is -0.701. The van der Waals surface area contributed by atoms with Crippen LogP contribution in [0.5, 0.6) is 0 Å². The van der Waals surface area contributed by atoms with Crippen LogP contribution in [0.25, 0.3) is 0 Å². The minimum atomic E-state index is -0.626. The van der Waals surface area contributed by atoms with Crippen molar-refractivity contribution in [1.82, 2.24) is 4.90 Å². The second-order valence-corrected chi connectivity index (χ2v) is 10.0. The van der Waals surface area contributed by atoms with Gasteiger partial charge in [0.15, 0.2) is 12.5 Å². The van der Waals surface area contributed by atoms with Crippen molar-refractivity contribution in [1.29, 1.82) is 0 Å². The lowest BCUT2D eigenvalue weighted by atomic mass is 10.1. The summed E-state index contributed by atoms with van der Waals surface area (Å²) in [5, 5.41) is 0. The number of aromatic nitrogens is 1. The summed E-state index contributed by atoms with van der Waals surface area (Å²) in [4.78, 5) is 25.9. The van der Waals surface area contributed by atoms with Gasteiger partial charge in [-0.25, -0.2) is 14.3 Å². The summed E-state index contributed by atoms with van der Waals surface area (Å²) in [5.74, 6) is -0.283. The predicted molar refractivity (Wildman–Crippen MR) is 148 cm³/mol. The quantitative estimate of drug-likeness (QED) is 0.146. The molecule has 0 aliphatic carbocycles. The van der Waals surface area contributed by atoms with E-state index < -0.39 is 6.09 Å². The van der Waals surface area contributed by atoms with Crippen LogP contribution in [-0.2, 0) is 43.3 Å². The number of pyridine rings is 1. The molecule has 2 unspecified atom stereocenters. The first-order chi connectivity index (χ1) is 19.1. The zero-order valence-electron chi connectivity index (χ0n) is 24.0. The van der Waals surface area contributed by atoms with Crippen LogP contribution in [-0.4, -0.2) is 56.2 Å². The largest absolute Gasteiger partial charge is 1.00 e. The van der Waals surface area contributed by atoms with Crippen LogP contribution in [0.15, 0.2) is 54.7 Å². The average Bonchev–Trinajstić information content (AvgIpc) is 3.41. The number of rotatable bonds is 17. The van der Waals surface area contributed by atoms with E-state index >= 15 is 0 Å². The summed E-state index contributed by atoms with van der Waals surface area (Å²) in [7, 11) is 0. The van der Waals surface area contributed by atoms with Crippen LogP contribution in [0.3, 0.4) is 0 Å². The Labute approximate surface area is 256 Å². The van der Waals surface area contributed by atoms with Crippen molar-refractivity contribution in [2.45, 2.75) is 78.2 Å². The summed E-state index contributed by atoms with van der Waals surface area (Å²) in [6.45, 7) is 7.29. The van der Waals surface area contributed by atoms with Gasteiger partial charge < -0.3 is 42.9 Å². The van der Waals surface area contributed by atoms with E-state index in [0.717, 1.165) is 68.9 Å². The molecule has 40 heavy (non-hydrogen) atoms. The van der Waals surface area contributed by atoms with E-state index in [2.05, 4.69) is 24.3 Å². The van der Waals surface area contributed by atoms with Crippen LogP contribution in [0.2, 0.25) is 0 Å². The standard InChI is InChI=1S/C31H45N2O6.HI/c1-3-32-18-10-9-17-29(32)23-33(26(2)34)31(35)39-25-28-22-30(38-24-28)37-21-12-5-4-11-19-36-20-13-16-27-14-7-6-8-15-27;/h6-10,14-15,17-18,28,30H,3-5,11-13,16,19-25H2,1-2H3;1H/q+1;/p-1. The molecule has 2 heterocycles. The number of aryl methyl sites for hydroxylation is 2. The maximum Gasteiger partial charge on any atom is 0.417 e. The Morgan fingerprint density at radius 3 is 2.45 bits per heavy atom. The number of imide groups is 1. The summed E-state index contributed by atoms with van der Waals surface area (Å²) < 4.78 is 24.8. The lowest BCUT2D eigenvalue weighted by Crippen LogP contribution is -3.00. The molecule has 2 amide bonds. The Balaban J connectivity index is 0.00000560. The minimum absolute atomic E-state index is 0. The first kappa shape index (κ1) is 34.1. The van der Waals surface area contributed by atoms with Gasteiger partial charge in [-0.15, -0.1) is 0 Å². The van der Waals surface area contributed by atoms with E-state index in [1.165, 1.54) is 12.5 Å². The molecular formula is C31H45IN2O6. The Morgan fingerprint density at radius 2 is 1.70 bits per heavy atom. The van der Waals surface area contributed by atoms with E-state index in [9.17, 15) is 9.59 Å². The maximum atomic E-state index is 12.6. The molecule has 0 radical (unpaired) electrons. The van der Waals surface area contributed by atoms with Crippen LogP contribution in [0, 0.1) is 5.92 Å². The first-order valence-corrected chi connectivity index (χ1v) is 14.3. The number of hydrogen-bond donors (Lipinski definition) is 0. The molecule has 0 spiro atoms. The van der Waals surface area contributed by atoms with Crippen molar-refractivity contribution in [2.75, 3.05) is 33.0 Å². The molecule has 0 N–H and O–H groups in total. The highest BCUT2D eigenvalue weighted by atomic mass is 127. The van der Waals surface area contributed by atoms with Gasteiger partial charge in [0.2, 0.25) is 11.6 Å². The SMILES string of the molecule is CC[n+]1ccccc1CN(C(C)=O)C(=O)OCC1COC(OCCCCCCOCCCc2ccccc2)C1.[I-]. The number of carbonyl (C=O) groups excluding carboxylic acids is 2. The third-order valence-corrected chi connectivity index (χ3v) is 6.87. The molecule has 8 nitrogen and oxygen atoms in total. The highest BCUT2D eigenvalue weighted by Gasteiger charge is 2.29. The highest BCUT2D eigenvalue weighted by molar-refractivity contribution is 5.90. The third kappa shape index (κ3) is 12.6. The van der Waals surface area contributed by atoms with Crippen molar-refractivity contribution in [3.05, 3.63) is 66.0 Å². The van der Waals surface area contributed by atoms with E-state index in [0.29, 0.717) is 19.6 Å². The fraction of sp³-hybridized carbons (Fsp3) is 0.581. The Kier molecular flexibility index (Phi) is 17.0. The number of ether oxygens (including phenoxy) is 4. The van der Waals surface area contributed by atoms with Crippen molar-refractivity contribution in [2.24, 2.45) is 5.92 Å². The molecule has 0 saturated carbocycles. The van der Waals surface area contributed by atoms with Crippen molar-refractivity contribution in [3.63, 3.8) is 0 Å². The number of hydrogen-bond acceptors (Lipinski definition) is 6. The topological polar surface area (TPSA) is 78.2 Å². The molecule has 0 bridgehead atoms. The zero-order valence-corrected chi connectivity index (χ0v) is 26.1. The molecule has 222 valence electrons. The van der Waals surface area contributed by atoms with Gasteiger partial charge in [0.1, 0.15) is 13.1 Å². The Morgan fingerprint density at radius 1 is 0.975 bits per heavy atom. The third-order valence-electron chi connectivity index (χ3n) is 6.87. The van der Waals surface area contributed by atoms with Crippen LogP contribution < -0.4 is 28.5 Å². The van der Waals surface area contributed by atoms with Crippen molar-refractivity contribution < 1.29 is 57.1 Å². The summed E-state index contributed by atoms with van der Waals surface area (Å²) >= 11 is 0.